The van der Waals surface area contributed by atoms with Gasteiger partial charge in [0.1, 0.15) is 5.75 Å². The number of fused-ring (bicyclic) bond motifs is 1. The topological polar surface area (TPSA) is 46.5 Å². The number of benzene rings is 3. The Balaban J connectivity index is 1.49. The smallest absolute Gasteiger partial charge is 0.347 e. The monoisotopic (exact) mass is 390 g/mol. The van der Waals surface area contributed by atoms with Crippen LogP contribution in [0.1, 0.15) is 57.1 Å². The number of rotatable bonds is 9. The first-order valence-corrected chi connectivity index (χ1v) is 10.4. The third-order valence-electron chi connectivity index (χ3n) is 5.52. The van der Waals surface area contributed by atoms with Crippen molar-refractivity contribution in [1.82, 2.24) is 0 Å². The summed E-state index contributed by atoms with van der Waals surface area (Å²) < 4.78 is 5.56. The second kappa shape index (κ2) is 9.13. The fourth-order valence-electron chi connectivity index (χ4n) is 3.68. The first-order chi connectivity index (χ1) is 13.9. The summed E-state index contributed by atoms with van der Waals surface area (Å²) in [5.74, 6) is 0.155. The molecule has 3 heteroatoms. The third kappa shape index (κ3) is 5.38. The van der Waals surface area contributed by atoms with E-state index in [2.05, 4.69) is 49.4 Å². The zero-order chi connectivity index (χ0) is 20.9. The van der Waals surface area contributed by atoms with Crippen LogP contribution in [0.2, 0.25) is 0 Å². The van der Waals surface area contributed by atoms with Crippen LogP contribution in [0.15, 0.2) is 66.7 Å². The Morgan fingerprint density at radius 3 is 2.38 bits per heavy atom. The van der Waals surface area contributed by atoms with Crippen LogP contribution in [-0.4, -0.2) is 16.7 Å². The van der Waals surface area contributed by atoms with Crippen LogP contribution >= 0.6 is 0 Å². The molecule has 0 heterocycles. The maximum absolute atomic E-state index is 11.2. The van der Waals surface area contributed by atoms with Crippen molar-refractivity contribution in [3.8, 4) is 5.75 Å². The van der Waals surface area contributed by atoms with Crippen LogP contribution in [0, 0.1) is 0 Å². The number of carboxylic acids is 1. The molecule has 3 rings (SSSR count). The molecule has 0 unspecified atom stereocenters. The third-order valence-corrected chi connectivity index (χ3v) is 5.52. The van der Waals surface area contributed by atoms with Crippen molar-refractivity contribution >= 4 is 16.7 Å². The zero-order valence-electron chi connectivity index (χ0n) is 17.5. The number of ether oxygens (including phenoxy) is 1. The molecule has 0 amide bonds. The molecule has 0 fully saturated rings. The number of hydrogen-bond acceptors (Lipinski definition) is 2. The molecule has 1 atom stereocenters. The Kier molecular flexibility index (Phi) is 6.58. The highest BCUT2D eigenvalue weighted by molar-refractivity contribution is 5.86. The molecule has 3 aromatic rings. The van der Waals surface area contributed by atoms with Gasteiger partial charge >= 0.3 is 5.97 Å². The Labute approximate surface area is 173 Å². The van der Waals surface area contributed by atoms with Crippen LogP contribution in [-0.2, 0) is 11.2 Å². The summed E-state index contributed by atoms with van der Waals surface area (Å²) in [7, 11) is 0. The van der Waals surface area contributed by atoms with E-state index in [0.29, 0.717) is 11.7 Å². The normalized spacial score (nSPS) is 12.7. The number of hydrogen-bond donors (Lipinski definition) is 1. The fourth-order valence-corrected chi connectivity index (χ4v) is 3.68. The summed E-state index contributed by atoms with van der Waals surface area (Å²) in [5.41, 5.74) is 1.47. The molecule has 0 saturated carbocycles. The van der Waals surface area contributed by atoms with Crippen molar-refractivity contribution in [2.75, 3.05) is 0 Å². The van der Waals surface area contributed by atoms with Crippen LogP contribution in [0.25, 0.3) is 10.8 Å². The van der Waals surface area contributed by atoms with Crippen molar-refractivity contribution in [3.05, 3.63) is 77.9 Å². The van der Waals surface area contributed by atoms with E-state index in [0.717, 1.165) is 12.8 Å². The molecule has 0 aromatic heterocycles. The van der Waals surface area contributed by atoms with Gasteiger partial charge in [-0.25, -0.2) is 4.79 Å². The predicted octanol–water partition coefficient (Wildman–Crippen LogP) is 6.60. The van der Waals surface area contributed by atoms with Crippen molar-refractivity contribution in [2.45, 2.75) is 58.0 Å². The quantitative estimate of drug-likeness (QED) is 0.419. The second-order valence-electron chi connectivity index (χ2n) is 8.28. The maximum atomic E-state index is 11.2. The largest absolute Gasteiger partial charge is 0.478 e. The van der Waals surface area contributed by atoms with E-state index in [1.54, 1.807) is 13.8 Å². The van der Waals surface area contributed by atoms with Gasteiger partial charge in [0, 0.05) is 0 Å². The molecular weight excluding hydrogens is 360 g/mol. The lowest BCUT2D eigenvalue weighted by atomic mass is 9.90. The van der Waals surface area contributed by atoms with Gasteiger partial charge in [-0.05, 0) is 73.1 Å². The van der Waals surface area contributed by atoms with Gasteiger partial charge < -0.3 is 9.84 Å². The van der Waals surface area contributed by atoms with E-state index in [1.807, 2.05) is 24.3 Å². The second-order valence-corrected chi connectivity index (χ2v) is 8.28. The lowest BCUT2D eigenvalue weighted by Gasteiger charge is -2.21. The molecule has 0 spiro atoms. The van der Waals surface area contributed by atoms with Crippen molar-refractivity contribution < 1.29 is 14.6 Å². The molecule has 29 heavy (non-hydrogen) atoms. The Morgan fingerprint density at radius 1 is 0.966 bits per heavy atom. The highest BCUT2D eigenvalue weighted by Gasteiger charge is 2.29. The summed E-state index contributed by atoms with van der Waals surface area (Å²) in [5, 5.41) is 11.8. The molecule has 3 aromatic carbocycles. The molecule has 3 nitrogen and oxygen atoms in total. The molecular formula is C26H30O3. The van der Waals surface area contributed by atoms with Crippen molar-refractivity contribution in [3.63, 3.8) is 0 Å². The van der Waals surface area contributed by atoms with Crippen molar-refractivity contribution in [2.24, 2.45) is 0 Å². The van der Waals surface area contributed by atoms with Gasteiger partial charge in [0.2, 0.25) is 0 Å². The molecule has 0 aliphatic carbocycles. The number of carboxylic acid groups (broad SMARTS) is 1. The zero-order valence-corrected chi connectivity index (χ0v) is 17.5. The summed E-state index contributed by atoms with van der Waals surface area (Å²) in [6, 6.07) is 23.0. The summed E-state index contributed by atoms with van der Waals surface area (Å²) in [4.78, 5) is 11.2. The van der Waals surface area contributed by atoms with E-state index in [4.69, 9.17) is 9.84 Å². The predicted molar refractivity (Wildman–Crippen MR) is 119 cm³/mol. The highest BCUT2D eigenvalue weighted by Crippen LogP contribution is 2.29. The molecule has 152 valence electrons. The minimum absolute atomic E-state index is 0.537. The van der Waals surface area contributed by atoms with E-state index in [-0.39, 0.29) is 0 Å². The number of aryl methyl sites for hydroxylation is 1. The molecule has 1 N–H and O–H groups in total. The van der Waals surface area contributed by atoms with Crippen molar-refractivity contribution in [1.29, 1.82) is 0 Å². The van der Waals surface area contributed by atoms with E-state index in [9.17, 15) is 4.79 Å². The minimum atomic E-state index is -1.22. The average Bonchev–Trinajstić information content (AvgIpc) is 2.71. The van der Waals surface area contributed by atoms with Crippen LogP contribution in [0.4, 0.5) is 0 Å². The van der Waals surface area contributed by atoms with Crippen LogP contribution in [0.5, 0.6) is 5.75 Å². The summed E-state index contributed by atoms with van der Waals surface area (Å²) in [6.45, 7) is 5.43. The minimum Gasteiger partial charge on any atom is -0.478 e. The Morgan fingerprint density at radius 2 is 1.66 bits per heavy atom. The molecule has 0 bridgehead atoms. The van der Waals surface area contributed by atoms with Gasteiger partial charge in [-0.2, -0.15) is 0 Å². The van der Waals surface area contributed by atoms with Gasteiger partial charge in [0.15, 0.2) is 5.60 Å². The van der Waals surface area contributed by atoms with Gasteiger partial charge in [-0.1, -0.05) is 67.9 Å². The fraction of sp³-hybridized carbons (Fsp3) is 0.346. The van der Waals surface area contributed by atoms with Gasteiger partial charge in [-0.15, -0.1) is 0 Å². The maximum Gasteiger partial charge on any atom is 0.347 e. The lowest BCUT2D eigenvalue weighted by molar-refractivity contribution is -0.152. The highest BCUT2D eigenvalue weighted by atomic mass is 16.5. The first kappa shape index (κ1) is 20.9. The first-order valence-electron chi connectivity index (χ1n) is 10.4. The Hall–Kier alpha value is -2.81. The summed E-state index contributed by atoms with van der Waals surface area (Å²) in [6.07, 6.45) is 4.50. The number of carbonyl (C=O) groups is 1. The number of unbranched alkanes of at least 4 members (excludes halogenated alkanes) is 1. The molecule has 0 aliphatic rings. The standard InChI is InChI=1S/C26H30O3/c1-19(23-14-8-12-21-11-6-7-13-24(21)23)9-4-5-10-20-15-17-22(18-16-20)29-26(2,3)25(27)28/h6-8,11-19H,4-5,9-10H2,1-3H3,(H,27,28)/t19-/m0/s1. The van der Waals surface area contributed by atoms with Gasteiger partial charge in [-0.3, -0.25) is 0 Å². The van der Waals surface area contributed by atoms with E-state index >= 15 is 0 Å². The van der Waals surface area contributed by atoms with E-state index in [1.165, 1.54) is 34.7 Å². The lowest BCUT2D eigenvalue weighted by Crippen LogP contribution is -2.37. The van der Waals surface area contributed by atoms with Crippen LogP contribution in [0.3, 0.4) is 0 Å². The molecule has 0 aliphatic heterocycles. The van der Waals surface area contributed by atoms with Gasteiger partial charge in [0.25, 0.3) is 0 Å². The Bertz CT molecular complexity index is 952. The van der Waals surface area contributed by atoms with E-state index < -0.39 is 11.6 Å². The van der Waals surface area contributed by atoms with Gasteiger partial charge in [0.05, 0.1) is 0 Å². The van der Waals surface area contributed by atoms with Crippen LogP contribution < -0.4 is 4.74 Å². The average molecular weight is 391 g/mol. The molecule has 0 saturated heterocycles. The number of aliphatic carboxylic acids is 1. The molecule has 0 radical (unpaired) electrons. The summed E-state index contributed by atoms with van der Waals surface area (Å²) >= 11 is 0. The SMILES string of the molecule is C[C@@H](CCCCc1ccc(OC(C)(C)C(=O)O)cc1)c1cccc2ccccc12.